The van der Waals surface area contributed by atoms with Crippen molar-refractivity contribution in [2.75, 3.05) is 6.61 Å². The molecule has 0 saturated heterocycles. The molecule has 1 atom stereocenters. The lowest BCUT2D eigenvalue weighted by molar-refractivity contribution is 0.119. The van der Waals surface area contributed by atoms with Crippen molar-refractivity contribution in [3.8, 4) is 5.75 Å². The summed E-state index contributed by atoms with van der Waals surface area (Å²) in [6, 6.07) is 7.28. The zero-order valence-corrected chi connectivity index (χ0v) is 9.28. The van der Waals surface area contributed by atoms with Gasteiger partial charge in [0.15, 0.2) is 0 Å². The molecule has 0 bridgehead atoms. The Bertz CT molecular complexity index is 306. The lowest BCUT2D eigenvalue weighted by atomic mass is 10.2. The highest BCUT2D eigenvalue weighted by atomic mass is 35.5. The zero-order chi connectivity index (χ0) is 10.7. The quantitative estimate of drug-likeness (QED) is 0.837. The fraction of sp³-hybridized carbons (Fsp3) is 0.500. The molecule has 3 heteroatoms. The van der Waals surface area contributed by atoms with Crippen LogP contribution >= 0.6 is 11.6 Å². The Morgan fingerprint density at radius 1 is 1.33 bits per heavy atom. The summed E-state index contributed by atoms with van der Waals surface area (Å²) >= 11 is 5.75. The Labute approximate surface area is 94.8 Å². The van der Waals surface area contributed by atoms with Crippen molar-refractivity contribution in [1.82, 2.24) is 0 Å². The maximum atomic E-state index is 9.61. The number of hydrogen-bond acceptors (Lipinski definition) is 2. The second-order valence-electron chi connectivity index (χ2n) is 4.00. The third kappa shape index (κ3) is 3.40. The van der Waals surface area contributed by atoms with Crippen LogP contribution in [0.3, 0.4) is 0 Å². The van der Waals surface area contributed by atoms with E-state index in [1.807, 2.05) is 12.1 Å². The second-order valence-corrected chi connectivity index (χ2v) is 4.43. The second kappa shape index (κ2) is 4.86. The number of benzene rings is 1. The third-order valence-electron chi connectivity index (χ3n) is 2.66. The van der Waals surface area contributed by atoms with Crippen molar-refractivity contribution in [2.45, 2.75) is 25.4 Å². The van der Waals surface area contributed by atoms with E-state index in [2.05, 4.69) is 0 Å². The first-order chi connectivity index (χ1) is 7.25. The Hall–Kier alpha value is -0.730. The van der Waals surface area contributed by atoms with Gasteiger partial charge in [0.1, 0.15) is 5.75 Å². The molecule has 15 heavy (non-hydrogen) atoms. The average Bonchev–Trinajstić information content (AvgIpc) is 3.04. The number of aliphatic hydroxyl groups excluding tert-OH is 1. The molecule has 0 radical (unpaired) electrons. The minimum atomic E-state index is -0.183. The van der Waals surface area contributed by atoms with E-state index in [-0.39, 0.29) is 6.10 Å². The predicted molar refractivity (Wildman–Crippen MR) is 60.3 cm³/mol. The van der Waals surface area contributed by atoms with Gasteiger partial charge in [0.2, 0.25) is 0 Å². The molecule has 2 rings (SSSR count). The minimum absolute atomic E-state index is 0.183. The summed E-state index contributed by atoms with van der Waals surface area (Å²) in [4.78, 5) is 0. The van der Waals surface area contributed by atoms with E-state index < -0.39 is 0 Å². The van der Waals surface area contributed by atoms with E-state index in [1.54, 1.807) is 12.1 Å². The smallest absolute Gasteiger partial charge is 0.119 e. The van der Waals surface area contributed by atoms with Gasteiger partial charge >= 0.3 is 0 Å². The van der Waals surface area contributed by atoms with Gasteiger partial charge in [-0.25, -0.2) is 0 Å². The van der Waals surface area contributed by atoms with Gasteiger partial charge in [-0.3, -0.25) is 0 Å². The van der Waals surface area contributed by atoms with E-state index in [9.17, 15) is 5.11 Å². The van der Waals surface area contributed by atoms with Gasteiger partial charge in [0.05, 0.1) is 12.7 Å². The van der Waals surface area contributed by atoms with Crippen LogP contribution in [0.25, 0.3) is 0 Å². The van der Waals surface area contributed by atoms with Crippen molar-refractivity contribution >= 4 is 11.6 Å². The minimum Gasteiger partial charge on any atom is -0.493 e. The fourth-order valence-corrected chi connectivity index (χ4v) is 1.67. The highest BCUT2D eigenvalue weighted by molar-refractivity contribution is 6.30. The normalized spacial score (nSPS) is 17.5. The summed E-state index contributed by atoms with van der Waals surface area (Å²) in [7, 11) is 0. The summed E-state index contributed by atoms with van der Waals surface area (Å²) in [6.07, 6.45) is 2.87. The first-order valence-corrected chi connectivity index (χ1v) is 5.70. The molecular weight excluding hydrogens is 212 g/mol. The molecule has 0 spiro atoms. The lowest BCUT2D eigenvalue weighted by Gasteiger charge is -2.10. The van der Waals surface area contributed by atoms with Crippen LogP contribution in [-0.2, 0) is 0 Å². The molecule has 0 aliphatic heterocycles. The van der Waals surface area contributed by atoms with E-state index in [1.165, 1.54) is 12.8 Å². The van der Waals surface area contributed by atoms with E-state index in [4.69, 9.17) is 16.3 Å². The van der Waals surface area contributed by atoms with E-state index >= 15 is 0 Å². The molecule has 2 nitrogen and oxygen atoms in total. The third-order valence-corrected chi connectivity index (χ3v) is 2.91. The SMILES string of the molecule is OC(CCOc1ccc(Cl)cc1)C1CC1. The molecule has 1 N–H and O–H groups in total. The molecule has 1 fully saturated rings. The standard InChI is InChI=1S/C12H15ClO2/c13-10-3-5-11(6-4-10)15-8-7-12(14)9-1-2-9/h3-6,9,12,14H,1-2,7-8H2. The maximum Gasteiger partial charge on any atom is 0.119 e. The number of halogens is 1. The van der Waals surface area contributed by atoms with Gasteiger partial charge < -0.3 is 9.84 Å². The molecule has 1 aromatic rings. The molecular formula is C12H15ClO2. The molecule has 1 saturated carbocycles. The molecule has 0 amide bonds. The molecule has 1 aliphatic rings. The Balaban J connectivity index is 1.70. The molecule has 1 aromatic carbocycles. The van der Waals surface area contributed by atoms with Crippen molar-refractivity contribution in [1.29, 1.82) is 0 Å². The highest BCUT2D eigenvalue weighted by Crippen LogP contribution is 2.33. The van der Waals surface area contributed by atoms with Crippen molar-refractivity contribution in [2.24, 2.45) is 5.92 Å². The Kier molecular flexibility index (Phi) is 3.49. The summed E-state index contributed by atoms with van der Waals surface area (Å²) in [6.45, 7) is 0.569. The summed E-state index contributed by atoms with van der Waals surface area (Å²) in [5, 5.41) is 10.3. The number of rotatable bonds is 5. The Morgan fingerprint density at radius 2 is 2.00 bits per heavy atom. The fourth-order valence-electron chi connectivity index (χ4n) is 1.55. The largest absolute Gasteiger partial charge is 0.493 e. The summed E-state index contributed by atoms with van der Waals surface area (Å²) < 4.78 is 5.49. The van der Waals surface area contributed by atoms with E-state index in [0.29, 0.717) is 24.0 Å². The number of aliphatic hydroxyl groups is 1. The first kappa shape index (κ1) is 10.8. The van der Waals surface area contributed by atoms with Gasteiger partial charge in [0.25, 0.3) is 0 Å². The highest BCUT2D eigenvalue weighted by Gasteiger charge is 2.29. The van der Waals surface area contributed by atoms with Gasteiger partial charge in [0, 0.05) is 11.4 Å². The van der Waals surface area contributed by atoms with Gasteiger partial charge in [-0.15, -0.1) is 0 Å². The van der Waals surface area contributed by atoms with Crippen LogP contribution in [0.15, 0.2) is 24.3 Å². The van der Waals surface area contributed by atoms with Gasteiger partial charge in [-0.05, 0) is 43.0 Å². The Morgan fingerprint density at radius 3 is 2.60 bits per heavy atom. The van der Waals surface area contributed by atoms with Crippen LogP contribution in [0.5, 0.6) is 5.75 Å². The average molecular weight is 227 g/mol. The molecule has 1 aliphatic carbocycles. The van der Waals surface area contributed by atoms with Crippen molar-refractivity contribution in [3.63, 3.8) is 0 Å². The number of ether oxygens (including phenoxy) is 1. The molecule has 0 heterocycles. The molecule has 1 unspecified atom stereocenters. The van der Waals surface area contributed by atoms with Crippen LogP contribution in [-0.4, -0.2) is 17.8 Å². The van der Waals surface area contributed by atoms with Crippen LogP contribution in [0, 0.1) is 5.92 Å². The molecule has 82 valence electrons. The van der Waals surface area contributed by atoms with Gasteiger partial charge in [-0.1, -0.05) is 11.6 Å². The predicted octanol–water partition coefficient (Wildman–Crippen LogP) is 2.88. The van der Waals surface area contributed by atoms with Crippen LogP contribution in [0.2, 0.25) is 5.02 Å². The van der Waals surface area contributed by atoms with Crippen LogP contribution in [0.1, 0.15) is 19.3 Å². The van der Waals surface area contributed by atoms with Crippen molar-refractivity contribution in [3.05, 3.63) is 29.3 Å². The summed E-state index contributed by atoms with van der Waals surface area (Å²) in [5.74, 6) is 1.33. The van der Waals surface area contributed by atoms with E-state index in [0.717, 1.165) is 5.75 Å². The lowest BCUT2D eigenvalue weighted by Crippen LogP contribution is -2.13. The first-order valence-electron chi connectivity index (χ1n) is 5.32. The number of hydrogen-bond donors (Lipinski definition) is 1. The molecule has 0 aromatic heterocycles. The van der Waals surface area contributed by atoms with Crippen LogP contribution in [0.4, 0.5) is 0 Å². The van der Waals surface area contributed by atoms with Crippen molar-refractivity contribution < 1.29 is 9.84 Å². The van der Waals surface area contributed by atoms with Gasteiger partial charge in [-0.2, -0.15) is 0 Å². The topological polar surface area (TPSA) is 29.5 Å². The van der Waals surface area contributed by atoms with Crippen LogP contribution < -0.4 is 4.74 Å². The summed E-state index contributed by atoms with van der Waals surface area (Å²) in [5.41, 5.74) is 0. The monoisotopic (exact) mass is 226 g/mol. The maximum absolute atomic E-state index is 9.61. The zero-order valence-electron chi connectivity index (χ0n) is 8.53.